The standard InChI is InChI=1S/C12H20/c1-5-10(4)12-8-6-7-11(12)9(2)3/h5-8H2,1-4H3. The predicted octanol–water partition coefficient (Wildman–Crippen LogP) is 4.23. The van der Waals surface area contributed by atoms with Crippen LogP contribution in [-0.2, 0) is 0 Å². The van der Waals surface area contributed by atoms with Gasteiger partial charge in [0.1, 0.15) is 0 Å². The summed E-state index contributed by atoms with van der Waals surface area (Å²) in [5.74, 6) is 0. The van der Waals surface area contributed by atoms with Crippen LogP contribution in [0.4, 0.5) is 0 Å². The van der Waals surface area contributed by atoms with E-state index in [0.29, 0.717) is 0 Å². The summed E-state index contributed by atoms with van der Waals surface area (Å²) in [6.45, 7) is 9.01. The molecule has 0 heterocycles. The Kier molecular flexibility index (Phi) is 3.13. The Morgan fingerprint density at radius 1 is 1.08 bits per heavy atom. The van der Waals surface area contributed by atoms with Gasteiger partial charge in [-0.3, -0.25) is 0 Å². The van der Waals surface area contributed by atoms with Gasteiger partial charge in [-0.2, -0.15) is 0 Å². The molecule has 0 aromatic rings. The van der Waals surface area contributed by atoms with Crippen LogP contribution in [0.15, 0.2) is 22.3 Å². The van der Waals surface area contributed by atoms with Crippen LogP contribution in [0.2, 0.25) is 0 Å². The molecule has 1 aliphatic rings. The maximum absolute atomic E-state index is 2.28. The van der Waals surface area contributed by atoms with E-state index in [1.807, 2.05) is 0 Å². The minimum atomic E-state index is 1.21. The van der Waals surface area contributed by atoms with Gasteiger partial charge in [-0.15, -0.1) is 0 Å². The lowest BCUT2D eigenvalue weighted by atomic mass is 9.99. The first-order chi connectivity index (χ1) is 5.66. The summed E-state index contributed by atoms with van der Waals surface area (Å²) in [4.78, 5) is 0. The molecule has 0 amide bonds. The van der Waals surface area contributed by atoms with Crippen molar-refractivity contribution in [2.24, 2.45) is 0 Å². The number of rotatable bonds is 1. The molecule has 0 nitrogen and oxygen atoms in total. The van der Waals surface area contributed by atoms with E-state index in [9.17, 15) is 0 Å². The summed E-state index contributed by atoms with van der Waals surface area (Å²) in [6.07, 6.45) is 5.22. The van der Waals surface area contributed by atoms with Gasteiger partial charge in [0.2, 0.25) is 0 Å². The molecule has 0 N–H and O–H groups in total. The highest BCUT2D eigenvalue weighted by atomic mass is 14.2. The van der Waals surface area contributed by atoms with E-state index in [4.69, 9.17) is 0 Å². The predicted molar refractivity (Wildman–Crippen MR) is 55.2 cm³/mol. The number of hydrogen-bond acceptors (Lipinski definition) is 0. The molecule has 0 aromatic carbocycles. The summed E-state index contributed by atoms with van der Waals surface area (Å²) in [5, 5.41) is 0. The van der Waals surface area contributed by atoms with Crippen LogP contribution in [-0.4, -0.2) is 0 Å². The largest absolute Gasteiger partial charge is 0.0730 e. The van der Waals surface area contributed by atoms with E-state index >= 15 is 0 Å². The first-order valence-electron chi connectivity index (χ1n) is 5.02. The van der Waals surface area contributed by atoms with Crippen molar-refractivity contribution >= 4 is 0 Å². The monoisotopic (exact) mass is 164 g/mol. The van der Waals surface area contributed by atoms with Crippen molar-refractivity contribution < 1.29 is 0 Å². The van der Waals surface area contributed by atoms with Crippen molar-refractivity contribution in [1.82, 2.24) is 0 Å². The van der Waals surface area contributed by atoms with E-state index in [2.05, 4.69) is 27.7 Å². The summed E-state index contributed by atoms with van der Waals surface area (Å²) < 4.78 is 0. The van der Waals surface area contributed by atoms with Crippen LogP contribution in [0.5, 0.6) is 0 Å². The van der Waals surface area contributed by atoms with E-state index in [-0.39, 0.29) is 0 Å². The molecule has 68 valence electrons. The zero-order chi connectivity index (χ0) is 9.14. The Morgan fingerprint density at radius 2 is 1.67 bits per heavy atom. The molecule has 0 aliphatic heterocycles. The van der Waals surface area contributed by atoms with Gasteiger partial charge < -0.3 is 0 Å². The third-order valence-electron chi connectivity index (χ3n) is 2.87. The Hall–Kier alpha value is -0.520. The topological polar surface area (TPSA) is 0 Å². The normalized spacial score (nSPS) is 21.5. The molecule has 0 atom stereocenters. The van der Waals surface area contributed by atoms with Crippen molar-refractivity contribution in [3.63, 3.8) is 0 Å². The van der Waals surface area contributed by atoms with Crippen LogP contribution in [0.3, 0.4) is 0 Å². The van der Waals surface area contributed by atoms with Crippen LogP contribution < -0.4 is 0 Å². The zero-order valence-corrected chi connectivity index (χ0v) is 8.83. The molecule has 1 fully saturated rings. The molecule has 0 saturated heterocycles. The molecule has 0 bridgehead atoms. The zero-order valence-electron chi connectivity index (χ0n) is 8.83. The molecular formula is C12H20. The van der Waals surface area contributed by atoms with Gasteiger partial charge in [0, 0.05) is 0 Å². The number of allylic oxidation sites excluding steroid dienone is 4. The van der Waals surface area contributed by atoms with Gasteiger partial charge in [-0.05, 0) is 57.6 Å². The minimum absolute atomic E-state index is 1.21. The van der Waals surface area contributed by atoms with Crippen molar-refractivity contribution in [3.8, 4) is 0 Å². The second-order valence-corrected chi connectivity index (χ2v) is 3.94. The molecule has 0 heteroatoms. The van der Waals surface area contributed by atoms with Crippen LogP contribution in [0.1, 0.15) is 53.4 Å². The van der Waals surface area contributed by atoms with Crippen molar-refractivity contribution in [3.05, 3.63) is 22.3 Å². The summed E-state index contributed by atoms with van der Waals surface area (Å²) in [6, 6.07) is 0. The Labute approximate surface area is 76.4 Å². The summed E-state index contributed by atoms with van der Waals surface area (Å²) in [7, 11) is 0. The maximum atomic E-state index is 2.28. The lowest BCUT2D eigenvalue weighted by Crippen LogP contribution is -1.87. The smallest absolute Gasteiger partial charge is 0.0274 e. The molecule has 1 rings (SSSR count). The Morgan fingerprint density at radius 3 is 2.17 bits per heavy atom. The quantitative estimate of drug-likeness (QED) is 0.544. The second kappa shape index (κ2) is 3.93. The van der Waals surface area contributed by atoms with Gasteiger partial charge in [0.15, 0.2) is 0 Å². The molecule has 0 aromatic heterocycles. The highest BCUT2D eigenvalue weighted by molar-refractivity contribution is 5.40. The fourth-order valence-electron chi connectivity index (χ4n) is 1.98. The third kappa shape index (κ3) is 1.80. The van der Waals surface area contributed by atoms with Crippen LogP contribution >= 0.6 is 0 Å². The lowest BCUT2D eigenvalue weighted by Gasteiger charge is -2.07. The average molecular weight is 164 g/mol. The van der Waals surface area contributed by atoms with Crippen molar-refractivity contribution in [2.75, 3.05) is 0 Å². The van der Waals surface area contributed by atoms with Gasteiger partial charge >= 0.3 is 0 Å². The first-order valence-corrected chi connectivity index (χ1v) is 5.02. The van der Waals surface area contributed by atoms with Crippen molar-refractivity contribution in [1.29, 1.82) is 0 Å². The summed E-state index contributed by atoms with van der Waals surface area (Å²) >= 11 is 0. The Balaban J connectivity index is 3.00. The second-order valence-electron chi connectivity index (χ2n) is 3.94. The molecule has 1 saturated carbocycles. The average Bonchev–Trinajstić information content (AvgIpc) is 2.50. The molecular weight excluding hydrogens is 144 g/mol. The van der Waals surface area contributed by atoms with Gasteiger partial charge in [-0.1, -0.05) is 18.1 Å². The molecule has 0 spiro atoms. The first kappa shape index (κ1) is 9.57. The van der Waals surface area contributed by atoms with Crippen LogP contribution in [0, 0.1) is 0 Å². The van der Waals surface area contributed by atoms with Crippen molar-refractivity contribution in [2.45, 2.75) is 53.4 Å². The molecule has 0 unspecified atom stereocenters. The van der Waals surface area contributed by atoms with E-state index in [0.717, 1.165) is 0 Å². The van der Waals surface area contributed by atoms with Gasteiger partial charge in [-0.25, -0.2) is 0 Å². The highest BCUT2D eigenvalue weighted by Crippen LogP contribution is 2.35. The third-order valence-corrected chi connectivity index (χ3v) is 2.87. The molecule has 0 radical (unpaired) electrons. The lowest BCUT2D eigenvalue weighted by molar-refractivity contribution is 0.920. The summed E-state index contributed by atoms with van der Waals surface area (Å²) in [5.41, 5.74) is 6.44. The van der Waals surface area contributed by atoms with Gasteiger partial charge in [0.05, 0.1) is 0 Å². The van der Waals surface area contributed by atoms with Crippen LogP contribution in [0.25, 0.3) is 0 Å². The molecule has 12 heavy (non-hydrogen) atoms. The van der Waals surface area contributed by atoms with E-state index in [1.54, 1.807) is 16.7 Å². The van der Waals surface area contributed by atoms with E-state index in [1.165, 1.54) is 31.3 Å². The van der Waals surface area contributed by atoms with E-state index < -0.39 is 0 Å². The maximum Gasteiger partial charge on any atom is -0.0274 e. The van der Waals surface area contributed by atoms with Gasteiger partial charge in [0.25, 0.3) is 0 Å². The number of hydrogen-bond donors (Lipinski definition) is 0. The highest BCUT2D eigenvalue weighted by Gasteiger charge is 2.15. The minimum Gasteiger partial charge on any atom is -0.0730 e. The Bertz CT molecular complexity index is 224. The fourth-order valence-corrected chi connectivity index (χ4v) is 1.98. The molecule has 1 aliphatic carbocycles. The fraction of sp³-hybridized carbons (Fsp3) is 0.667. The SMILES string of the molecule is CCC(C)=C1CCCC1=C(C)C.